The van der Waals surface area contributed by atoms with Crippen LogP contribution in [0, 0.1) is 25.7 Å². The number of anilines is 3. The maximum absolute atomic E-state index is 14.0. The molecule has 0 spiro atoms. The maximum atomic E-state index is 14.0. The van der Waals surface area contributed by atoms with Gasteiger partial charge >= 0.3 is 6.18 Å². The topological polar surface area (TPSA) is 91.2 Å². The molecule has 0 unspecified atom stereocenters. The molecule has 3 heterocycles. The van der Waals surface area contributed by atoms with Crippen molar-refractivity contribution in [2.24, 2.45) is 0 Å². The Hall–Kier alpha value is -4.73. The Balaban J connectivity index is 1.29. The Morgan fingerprint density at radius 3 is 2.32 bits per heavy atom. The molecule has 1 saturated heterocycles. The number of nitrogens with one attached hydrogen (secondary N) is 2. The molecular formula is C35H39F3N8O. The van der Waals surface area contributed by atoms with Crippen LogP contribution in [0.5, 0.6) is 0 Å². The van der Waals surface area contributed by atoms with E-state index >= 15 is 0 Å². The average Bonchev–Trinajstić information content (AvgIpc) is 3.48. The number of hydrogen-bond donors (Lipinski definition) is 2. The largest absolute Gasteiger partial charge is 0.416 e. The molecule has 12 heteroatoms. The number of amides is 1. The average molecular weight is 645 g/mol. The fraction of sp³-hybridized carbons (Fsp3) is 0.371. The molecule has 1 aliphatic rings. The van der Waals surface area contributed by atoms with Crippen molar-refractivity contribution in [3.63, 3.8) is 0 Å². The van der Waals surface area contributed by atoms with Gasteiger partial charge in [0.15, 0.2) is 0 Å². The molecule has 0 saturated carbocycles. The minimum absolute atomic E-state index is 0.0740. The zero-order valence-electron chi connectivity index (χ0n) is 27.5. The van der Waals surface area contributed by atoms with Gasteiger partial charge in [-0.05, 0) is 77.1 Å². The Labute approximate surface area is 273 Å². The highest BCUT2D eigenvalue weighted by molar-refractivity contribution is 6.04. The summed E-state index contributed by atoms with van der Waals surface area (Å²) >= 11 is 0. The standard InChI is InChI=1S/C35H39F3N8O/c1-23-7-8-26(32(47)42-29-12-11-28(31(18-29)35(36,37)38)21-45-15-13-44(6)14-16-45)17-25(23)9-10-27-19-39-33(41-24(27)2)43-30-20-40-46(22-30)34(3,4)5/h7-8,11-12,17-20,22H,13-16,21H2,1-6H3,(H,42,47)(H,39,41,43). The third-order valence-corrected chi connectivity index (χ3v) is 8.00. The summed E-state index contributed by atoms with van der Waals surface area (Å²) in [6.45, 7) is 13.1. The molecule has 9 nitrogen and oxygen atoms in total. The summed E-state index contributed by atoms with van der Waals surface area (Å²) in [5, 5.41) is 10.2. The molecule has 1 aliphatic heterocycles. The van der Waals surface area contributed by atoms with Gasteiger partial charge in [0.2, 0.25) is 5.95 Å². The minimum atomic E-state index is -4.55. The molecule has 2 aromatic heterocycles. The highest BCUT2D eigenvalue weighted by atomic mass is 19.4. The third kappa shape index (κ3) is 8.55. The number of hydrogen-bond acceptors (Lipinski definition) is 7. The Morgan fingerprint density at radius 2 is 1.66 bits per heavy atom. The van der Waals surface area contributed by atoms with Crippen LogP contribution in [0.15, 0.2) is 55.0 Å². The van der Waals surface area contributed by atoms with Crippen molar-refractivity contribution in [2.75, 3.05) is 43.9 Å². The van der Waals surface area contributed by atoms with E-state index in [2.05, 4.69) is 63.2 Å². The van der Waals surface area contributed by atoms with Gasteiger partial charge in [-0.2, -0.15) is 18.3 Å². The first-order valence-corrected chi connectivity index (χ1v) is 15.4. The third-order valence-electron chi connectivity index (χ3n) is 8.00. The molecule has 246 valence electrons. The van der Waals surface area contributed by atoms with Gasteiger partial charge in [-0.1, -0.05) is 24.0 Å². The van der Waals surface area contributed by atoms with Crippen LogP contribution in [0.4, 0.5) is 30.5 Å². The van der Waals surface area contributed by atoms with Gasteiger partial charge in [0.25, 0.3) is 5.91 Å². The molecule has 4 aromatic rings. The second-order valence-electron chi connectivity index (χ2n) is 12.8. The fourth-order valence-electron chi connectivity index (χ4n) is 5.07. The highest BCUT2D eigenvalue weighted by Crippen LogP contribution is 2.35. The van der Waals surface area contributed by atoms with E-state index in [0.29, 0.717) is 35.9 Å². The number of carbonyl (C=O) groups is 1. The summed E-state index contributed by atoms with van der Waals surface area (Å²) in [6, 6.07) is 8.99. The number of piperazine rings is 1. The molecule has 2 N–H and O–H groups in total. The van der Waals surface area contributed by atoms with Crippen molar-refractivity contribution in [3.05, 3.63) is 94.1 Å². The van der Waals surface area contributed by atoms with Crippen LogP contribution in [0.2, 0.25) is 0 Å². The first kappa shape index (κ1) is 33.6. The highest BCUT2D eigenvalue weighted by Gasteiger charge is 2.34. The fourth-order valence-corrected chi connectivity index (χ4v) is 5.07. The Bertz CT molecular complexity index is 1820. The molecule has 2 aromatic carbocycles. The van der Waals surface area contributed by atoms with Gasteiger partial charge < -0.3 is 15.5 Å². The van der Waals surface area contributed by atoms with Crippen LogP contribution >= 0.6 is 0 Å². The van der Waals surface area contributed by atoms with Gasteiger partial charge in [-0.15, -0.1) is 0 Å². The number of aryl methyl sites for hydroxylation is 2. The van der Waals surface area contributed by atoms with Crippen LogP contribution in [0.1, 0.15) is 64.6 Å². The van der Waals surface area contributed by atoms with Gasteiger partial charge in [-0.25, -0.2) is 9.97 Å². The predicted octanol–water partition coefficient (Wildman–Crippen LogP) is 6.21. The zero-order valence-corrected chi connectivity index (χ0v) is 27.5. The molecule has 0 bridgehead atoms. The molecule has 0 atom stereocenters. The summed E-state index contributed by atoms with van der Waals surface area (Å²) in [7, 11) is 2.00. The number of rotatable bonds is 6. The molecule has 5 rings (SSSR count). The van der Waals surface area contributed by atoms with E-state index in [1.807, 2.05) is 36.7 Å². The molecule has 1 amide bonds. The van der Waals surface area contributed by atoms with Crippen molar-refractivity contribution < 1.29 is 18.0 Å². The van der Waals surface area contributed by atoms with Crippen molar-refractivity contribution in [2.45, 2.75) is 52.9 Å². The predicted molar refractivity (Wildman–Crippen MR) is 177 cm³/mol. The second-order valence-corrected chi connectivity index (χ2v) is 12.8. The number of aromatic nitrogens is 4. The van der Waals surface area contributed by atoms with Crippen molar-refractivity contribution in [1.82, 2.24) is 29.5 Å². The minimum Gasteiger partial charge on any atom is -0.322 e. The molecule has 1 fully saturated rings. The van der Waals surface area contributed by atoms with Crippen molar-refractivity contribution in [1.29, 1.82) is 0 Å². The lowest BCUT2D eigenvalue weighted by molar-refractivity contribution is -0.138. The second kappa shape index (κ2) is 13.6. The summed E-state index contributed by atoms with van der Waals surface area (Å²) in [5.41, 5.74) is 3.13. The van der Waals surface area contributed by atoms with E-state index in [-0.39, 0.29) is 28.9 Å². The van der Waals surface area contributed by atoms with E-state index in [1.165, 1.54) is 12.1 Å². The summed E-state index contributed by atoms with van der Waals surface area (Å²) in [4.78, 5) is 26.2. The van der Waals surface area contributed by atoms with Crippen LogP contribution in [0.3, 0.4) is 0 Å². The number of carbonyl (C=O) groups excluding carboxylic acids is 1. The van der Waals surface area contributed by atoms with Gasteiger partial charge in [0, 0.05) is 61.9 Å². The van der Waals surface area contributed by atoms with Gasteiger partial charge in [0.1, 0.15) is 0 Å². The van der Waals surface area contributed by atoms with E-state index in [4.69, 9.17) is 0 Å². The maximum Gasteiger partial charge on any atom is 0.416 e. The molecule has 0 aliphatic carbocycles. The monoisotopic (exact) mass is 644 g/mol. The van der Waals surface area contributed by atoms with Crippen LogP contribution in [-0.2, 0) is 18.3 Å². The van der Waals surface area contributed by atoms with Crippen LogP contribution < -0.4 is 10.6 Å². The number of benzene rings is 2. The SMILES string of the molecule is Cc1ccc(C(=O)Nc2ccc(CN3CCN(C)CC3)c(C(F)(F)F)c2)cc1C#Cc1cnc(Nc2cnn(C(C)(C)C)c2)nc1C. The lowest BCUT2D eigenvalue weighted by atomic mass is 10.0. The zero-order chi connectivity index (χ0) is 33.9. The number of halogens is 3. The first-order valence-electron chi connectivity index (χ1n) is 15.4. The quantitative estimate of drug-likeness (QED) is 0.242. The smallest absolute Gasteiger partial charge is 0.322 e. The Kier molecular flexibility index (Phi) is 9.70. The van der Waals surface area contributed by atoms with Gasteiger partial charge in [-0.3, -0.25) is 14.4 Å². The van der Waals surface area contributed by atoms with E-state index in [0.717, 1.165) is 30.4 Å². The molecule has 47 heavy (non-hydrogen) atoms. The van der Waals surface area contributed by atoms with E-state index in [9.17, 15) is 18.0 Å². The Morgan fingerprint density at radius 1 is 0.936 bits per heavy atom. The van der Waals surface area contributed by atoms with Crippen molar-refractivity contribution in [3.8, 4) is 11.8 Å². The number of alkyl halides is 3. The van der Waals surface area contributed by atoms with Crippen LogP contribution in [-0.4, -0.2) is 68.7 Å². The number of nitrogens with zero attached hydrogens (tertiary/aromatic N) is 6. The molecular weight excluding hydrogens is 605 g/mol. The summed E-state index contributed by atoms with van der Waals surface area (Å²) in [5.74, 6) is 6.07. The van der Waals surface area contributed by atoms with E-state index in [1.54, 1.807) is 30.6 Å². The van der Waals surface area contributed by atoms with E-state index < -0.39 is 17.6 Å². The number of likely N-dealkylation sites (N-methyl/N-ethyl adjacent to an activating group) is 1. The molecule has 0 radical (unpaired) electrons. The van der Waals surface area contributed by atoms with Crippen LogP contribution in [0.25, 0.3) is 0 Å². The summed E-state index contributed by atoms with van der Waals surface area (Å²) < 4.78 is 44.0. The summed E-state index contributed by atoms with van der Waals surface area (Å²) in [6.07, 6.45) is 0.672. The first-order chi connectivity index (χ1) is 22.2. The lowest BCUT2D eigenvalue weighted by Gasteiger charge is -2.33. The van der Waals surface area contributed by atoms with Crippen molar-refractivity contribution >= 4 is 23.2 Å². The van der Waals surface area contributed by atoms with Gasteiger partial charge in [0.05, 0.1) is 34.2 Å². The normalized spacial score (nSPS) is 14.4. The lowest BCUT2D eigenvalue weighted by Crippen LogP contribution is -2.44.